The third kappa shape index (κ3) is 4.83. The van der Waals surface area contributed by atoms with Gasteiger partial charge < -0.3 is 14.2 Å². The van der Waals surface area contributed by atoms with Crippen LogP contribution in [0.25, 0.3) is 28.0 Å². The first-order valence-electron chi connectivity index (χ1n) is 11.9. The molecule has 5 rings (SSSR count). The van der Waals surface area contributed by atoms with Gasteiger partial charge in [-0.1, -0.05) is 35.9 Å². The van der Waals surface area contributed by atoms with Gasteiger partial charge in [-0.2, -0.15) is 0 Å². The maximum absolute atomic E-state index is 6.18. The van der Waals surface area contributed by atoms with Crippen LogP contribution in [0.15, 0.2) is 66.9 Å². The zero-order valence-corrected chi connectivity index (χ0v) is 21.0. The highest BCUT2D eigenvalue weighted by atomic mass is 35.5. The number of nitrogens with zero attached hydrogens (tertiary/aromatic N) is 5. The monoisotopic (exact) mass is 473 g/mol. The molecule has 3 heterocycles. The second kappa shape index (κ2) is 9.79. The molecule has 0 saturated carbocycles. The van der Waals surface area contributed by atoms with Gasteiger partial charge >= 0.3 is 0 Å². The largest absolute Gasteiger partial charge is 0.378 e. The molecular formula is C28H32ClN5. The Hall–Kier alpha value is -2.86. The average Bonchev–Trinajstić information content (AvgIpc) is 3.06. The summed E-state index contributed by atoms with van der Waals surface area (Å²) in [5.74, 6) is 0. The van der Waals surface area contributed by atoms with E-state index in [1.807, 2.05) is 12.1 Å². The van der Waals surface area contributed by atoms with E-state index in [1.54, 1.807) is 0 Å². The van der Waals surface area contributed by atoms with Crippen molar-refractivity contribution in [1.29, 1.82) is 0 Å². The molecule has 0 radical (unpaired) electrons. The quantitative estimate of drug-likeness (QED) is 0.381. The molecule has 176 valence electrons. The van der Waals surface area contributed by atoms with Crippen molar-refractivity contribution in [3.8, 4) is 22.4 Å². The molecule has 6 heteroatoms. The summed E-state index contributed by atoms with van der Waals surface area (Å²) < 4.78 is 2.29. The molecule has 1 saturated heterocycles. The summed E-state index contributed by atoms with van der Waals surface area (Å²) in [4.78, 5) is 12.2. The predicted octanol–water partition coefficient (Wildman–Crippen LogP) is 5.53. The summed E-state index contributed by atoms with van der Waals surface area (Å²) in [7, 11) is 6.35. The lowest BCUT2D eigenvalue weighted by molar-refractivity contribution is 0.266. The number of aromatic nitrogens is 2. The lowest BCUT2D eigenvalue weighted by Crippen LogP contribution is -2.29. The van der Waals surface area contributed by atoms with Crippen LogP contribution in [0, 0.1) is 0 Å². The van der Waals surface area contributed by atoms with Crippen molar-refractivity contribution in [2.24, 2.45) is 0 Å². The molecule has 0 aliphatic carbocycles. The summed E-state index contributed by atoms with van der Waals surface area (Å²) in [6.07, 6.45) is 3.43. The van der Waals surface area contributed by atoms with Gasteiger partial charge in [-0.25, -0.2) is 4.98 Å². The van der Waals surface area contributed by atoms with Gasteiger partial charge in [0, 0.05) is 56.2 Å². The molecule has 0 unspecified atom stereocenters. The normalized spacial score (nSPS) is 15.5. The number of pyridine rings is 1. The Morgan fingerprint density at radius 3 is 2.26 bits per heavy atom. The van der Waals surface area contributed by atoms with Gasteiger partial charge in [-0.15, -0.1) is 0 Å². The fourth-order valence-corrected chi connectivity index (χ4v) is 4.80. The fourth-order valence-electron chi connectivity index (χ4n) is 4.68. The number of hydrogen-bond donors (Lipinski definition) is 0. The molecule has 0 atom stereocenters. The van der Waals surface area contributed by atoms with Crippen LogP contribution in [-0.4, -0.2) is 66.5 Å². The highest BCUT2D eigenvalue weighted by Crippen LogP contribution is 2.30. The van der Waals surface area contributed by atoms with Crippen molar-refractivity contribution in [1.82, 2.24) is 19.2 Å². The van der Waals surface area contributed by atoms with Crippen molar-refractivity contribution < 1.29 is 0 Å². The van der Waals surface area contributed by atoms with Gasteiger partial charge in [0.2, 0.25) is 0 Å². The SMILES string of the molecule is CN1CCCN(Cc2c(-c3ccc(Cl)cc3)nc3ccc(-c4ccc(N(C)C)cc4)cn23)CC1. The number of halogens is 1. The minimum absolute atomic E-state index is 0.744. The lowest BCUT2D eigenvalue weighted by atomic mass is 10.1. The average molecular weight is 474 g/mol. The Labute approximate surface area is 207 Å². The fraction of sp³-hybridized carbons (Fsp3) is 0.321. The van der Waals surface area contributed by atoms with Crippen LogP contribution in [0.4, 0.5) is 5.69 Å². The molecule has 0 N–H and O–H groups in total. The number of fused-ring (bicyclic) bond motifs is 1. The van der Waals surface area contributed by atoms with E-state index in [1.165, 1.54) is 28.9 Å². The van der Waals surface area contributed by atoms with Crippen molar-refractivity contribution in [2.75, 3.05) is 52.2 Å². The third-order valence-corrected chi connectivity index (χ3v) is 6.99. The molecular weight excluding hydrogens is 442 g/mol. The minimum Gasteiger partial charge on any atom is -0.378 e. The summed E-state index contributed by atoms with van der Waals surface area (Å²) in [6, 6.07) is 21.1. The van der Waals surface area contributed by atoms with Gasteiger partial charge in [0.05, 0.1) is 11.4 Å². The van der Waals surface area contributed by atoms with Gasteiger partial charge in [-0.3, -0.25) is 4.90 Å². The van der Waals surface area contributed by atoms with E-state index in [0.29, 0.717) is 0 Å². The Kier molecular flexibility index (Phi) is 6.59. The Morgan fingerprint density at radius 1 is 0.824 bits per heavy atom. The number of anilines is 1. The Balaban J connectivity index is 1.57. The van der Waals surface area contributed by atoms with Crippen LogP contribution in [0.3, 0.4) is 0 Å². The standard InChI is InChI=1S/C28H32ClN5/c1-31(2)25-12-7-21(8-13-25)23-9-14-27-30-28(22-5-10-24(29)11-6-22)26(34(27)19-23)20-33-16-4-15-32(3)17-18-33/h5-14,19H,4,15-18,20H2,1-3H3. The Morgan fingerprint density at radius 2 is 1.53 bits per heavy atom. The van der Waals surface area contributed by atoms with Gasteiger partial charge in [0.15, 0.2) is 0 Å². The van der Waals surface area contributed by atoms with Crippen LogP contribution >= 0.6 is 11.6 Å². The van der Waals surface area contributed by atoms with Crippen LogP contribution in [0.1, 0.15) is 12.1 Å². The summed E-state index contributed by atoms with van der Waals surface area (Å²) in [5, 5.41) is 0.744. The third-order valence-electron chi connectivity index (χ3n) is 6.74. The molecule has 2 aromatic heterocycles. The topological polar surface area (TPSA) is 27.0 Å². The van der Waals surface area contributed by atoms with Gasteiger partial charge in [-0.05, 0) is 74.1 Å². The lowest BCUT2D eigenvalue weighted by Gasteiger charge is -2.21. The van der Waals surface area contributed by atoms with Gasteiger partial charge in [0.1, 0.15) is 5.65 Å². The first-order chi connectivity index (χ1) is 16.5. The van der Waals surface area contributed by atoms with Crippen LogP contribution in [-0.2, 0) is 6.54 Å². The van der Waals surface area contributed by atoms with E-state index in [0.717, 1.165) is 54.7 Å². The molecule has 0 bridgehead atoms. The molecule has 1 aliphatic heterocycles. The Bertz CT molecular complexity index is 1260. The second-order valence-electron chi connectivity index (χ2n) is 9.43. The summed E-state index contributed by atoms with van der Waals surface area (Å²) >= 11 is 6.18. The van der Waals surface area contributed by atoms with E-state index in [4.69, 9.17) is 16.6 Å². The first-order valence-corrected chi connectivity index (χ1v) is 12.3. The van der Waals surface area contributed by atoms with E-state index in [9.17, 15) is 0 Å². The number of imidazole rings is 1. The number of benzene rings is 2. The van der Waals surface area contributed by atoms with Crippen molar-refractivity contribution in [3.63, 3.8) is 0 Å². The van der Waals surface area contributed by atoms with Crippen LogP contribution in [0.2, 0.25) is 5.02 Å². The molecule has 0 amide bonds. The molecule has 4 aromatic rings. The van der Waals surface area contributed by atoms with Crippen molar-refractivity contribution >= 4 is 22.9 Å². The molecule has 1 fully saturated rings. The minimum atomic E-state index is 0.744. The molecule has 34 heavy (non-hydrogen) atoms. The highest BCUT2D eigenvalue weighted by molar-refractivity contribution is 6.30. The van der Waals surface area contributed by atoms with E-state index in [2.05, 4.69) is 95.0 Å². The maximum atomic E-state index is 6.18. The molecule has 2 aromatic carbocycles. The smallest absolute Gasteiger partial charge is 0.137 e. The number of rotatable bonds is 5. The van der Waals surface area contributed by atoms with E-state index in [-0.39, 0.29) is 0 Å². The molecule has 5 nitrogen and oxygen atoms in total. The predicted molar refractivity (Wildman–Crippen MR) is 143 cm³/mol. The first kappa shape index (κ1) is 22.9. The van der Waals surface area contributed by atoms with Crippen LogP contribution < -0.4 is 4.90 Å². The maximum Gasteiger partial charge on any atom is 0.137 e. The summed E-state index contributed by atoms with van der Waals surface area (Å²) in [6.45, 7) is 5.28. The second-order valence-corrected chi connectivity index (χ2v) is 9.87. The van der Waals surface area contributed by atoms with Gasteiger partial charge in [0.25, 0.3) is 0 Å². The van der Waals surface area contributed by atoms with Crippen molar-refractivity contribution in [2.45, 2.75) is 13.0 Å². The summed E-state index contributed by atoms with van der Waals surface area (Å²) in [5.41, 5.74) is 7.94. The molecule has 0 spiro atoms. The zero-order valence-electron chi connectivity index (χ0n) is 20.2. The number of likely N-dealkylation sites (N-methyl/N-ethyl adjacent to an activating group) is 1. The van der Waals surface area contributed by atoms with Crippen LogP contribution in [0.5, 0.6) is 0 Å². The number of hydrogen-bond acceptors (Lipinski definition) is 4. The van der Waals surface area contributed by atoms with E-state index >= 15 is 0 Å². The highest BCUT2D eigenvalue weighted by Gasteiger charge is 2.19. The zero-order chi connectivity index (χ0) is 23.7. The van der Waals surface area contributed by atoms with Crippen molar-refractivity contribution in [3.05, 3.63) is 77.6 Å². The van der Waals surface area contributed by atoms with E-state index < -0.39 is 0 Å². The molecule has 1 aliphatic rings.